The average Bonchev–Trinajstić information content (AvgIpc) is 2.22. The minimum Gasteiger partial charge on any atom is -0.297 e. The molecule has 0 aliphatic rings. The molecule has 0 amide bonds. The lowest BCUT2D eigenvalue weighted by Crippen LogP contribution is -2.41. The Morgan fingerprint density at radius 1 is 0.722 bits per heavy atom. The average molecular weight is 291 g/mol. The van der Waals surface area contributed by atoms with Crippen LogP contribution in [-0.4, -0.2) is 16.8 Å². The van der Waals surface area contributed by atoms with Gasteiger partial charge >= 0.3 is 16.8 Å². The highest BCUT2D eigenvalue weighted by molar-refractivity contribution is 6.89. The Kier molecular flexibility index (Phi) is 5.42. The molecule has 0 nitrogen and oxygen atoms in total. The molecule has 0 aliphatic carbocycles. The minimum atomic E-state index is -3.20. The molecular weight excluding hydrogens is 262 g/mol. The summed E-state index contributed by atoms with van der Waals surface area (Å²) in [6, 6.07) is 0.865. The molecule has 0 radical (unpaired) electrons. The van der Waals surface area contributed by atoms with Crippen LogP contribution in [0.15, 0.2) is 0 Å². The summed E-state index contributed by atoms with van der Waals surface area (Å²) < 4.78 is 29.8. The molecule has 0 saturated carbocycles. The predicted molar refractivity (Wildman–Crippen MR) is 81.9 cm³/mol. The van der Waals surface area contributed by atoms with Gasteiger partial charge in [0.15, 0.2) is 0 Å². The monoisotopic (exact) mass is 290 g/mol. The molecule has 0 N–H and O–H groups in total. The van der Waals surface area contributed by atoms with Gasteiger partial charge in [-0.25, -0.2) is 0 Å². The first-order valence-electron chi connectivity index (χ1n) is 6.75. The summed E-state index contributed by atoms with van der Waals surface area (Å²) in [5.41, 5.74) is 5.59. The molecule has 0 fully saturated rings. The summed E-state index contributed by atoms with van der Waals surface area (Å²) in [5.74, 6) is 0. The van der Waals surface area contributed by atoms with Crippen molar-refractivity contribution in [2.75, 3.05) is 0 Å². The van der Waals surface area contributed by atoms with Crippen LogP contribution in [0.1, 0.15) is 55.4 Å². The van der Waals surface area contributed by atoms with Crippen LogP contribution in [0, 0.1) is 11.1 Å². The molecule has 106 valence electrons. The van der Waals surface area contributed by atoms with E-state index in [9.17, 15) is 8.22 Å². The maximum atomic E-state index is 14.9. The van der Waals surface area contributed by atoms with Crippen molar-refractivity contribution in [3.05, 3.63) is 0 Å². The summed E-state index contributed by atoms with van der Waals surface area (Å²) >= 11 is 0. The van der Waals surface area contributed by atoms with E-state index in [4.69, 9.17) is 0 Å². The van der Waals surface area contributed by atoms with E-state index in [1.54, 1.807) is 0 Å². The summed E-state index contributed by atoms with van der Waals surface area (Å²) in [6.45, 7) is 14.9. The van der Waals surface area contributed by atoms with Gasteiger partial charge in [-0.15, -0.1) is 0 Å². The van der Waals surface area contributed by atoms with Gasteiger partial charge in [0, 0.05) is 0 Å². The standard InChI is InChI=1S/C14H28F2Si2/c1-9-17(15,13(3,4)5)11-12-18(16,10-2)14(6,7)8/h9-10H2,1-8H3. The first-order chi connectivity index (χ1) is 7.83. The second kappa shape index (κ2) is 5.46. The van der Waals surface area contributed by atoms with Crippen molar-refractivity contribution >= 4 is 16.8 Å². The van der Waals surface area contributed by atoms with E-state index in [0.29, 0.717) is 12.1 Å². The van der Waals surface area contributed by atoms with Crippen LogP contribution < -0.4 is 0 Å². The molecular formula is C14H28F2Si2. The third-order valence-corrected chi connectivity index (χ3v) is 11.8. The van der Waals surface area contributed by atoms with Crippen LogP contribution in [0.2, 0.25) is 22.2 Å². The smallest absolute Gasteiger partial charge is 0.297 e. The maximum Gasteiger partial charge on any atom is 0.327 e. The van der Waals surface area contributed by atoms with E-state index in [1.807, 2.05) is 55.4 Å². The fourth-order valence-corrected chi connectivity index (χ4v) is 6.62. The molecule has 0 spiro atoms. The molecule has 18 heavy (non-hydrogen) atoms. The molecule has 4 heteroatoms. The lowest BCUT2D eigenvalue weighted by atomic mass is 10.2. The van der Waals surface area contributed by atoms with Crippen molar-refractivity contribution in [1.29, 1.82) is 0 Å². The third kappa shape index (κ3) is 3.67. The normalized spacial score (nSPS) is 19.4. The van der Waals surface area contributed by atoms with Gasteiger partial charge in [-0.2, -0.15) is 0 Å². The predicted octanol–water partition coefficient (Wildman–Crippen LogP) is 5.54. The van der Waals surface area contributed by atoms with Gasteiger partial charge in [-0.1, -0.05) is 66.5 Å². The molecule has 0 bridgehead atoms. The second-order valence-electron chi connectivity index (χ2n) is 7.06. The van der Waals surface area contributed by atoms with E-state index >= 15 is 0 Å². The number of hydrogen-bond donors (Lipinski definition) is 0. The van der Waals surface area contributed by atoms with Crippen molar-refractivity contribution in [2.24, 2.45) is 0 Å². The number of hydrogen-bond acceptors (Lipinski definition) is 0. The van der Waals surface area contributed by atoms with E-state index in [0.717, 1.165) is 0 Å². The van der Waals surface area contributed by atoms with Gasteiger partial charge in [0.1, 0.15) is 0 Å². The fourth-order valence-electron chi connectivity index (χ4n) is 1.81. The summed E-state index contributed by atoms with van der Waals surface area (Å²) in [5, 5.41) is -0.897. The zero-order valence-electron chi connectivity index (χ0n) is 13.2. The Morgan fingerprint density at radius 3 is 1.06 bits per heavy atom. The lowest BCUT2D eigenvalue weighted by Gasteiger charge is -2.32. The Morgan fingerprint density at radius 2 is 0.944 bits per heavy atom. The summed E-state index contributed by atoms with van der Waals surface area (Å²) in [6.07, 6.45) is 0. The number of rotatable bonds is 2. The Labute approximate surface area is 114 Å². The van der Waals surface area contributed by atoms with Crippen LogP contribution in [0.25, 0.3) is 0 Å². The zero-order chi connectivity index (χ0) is 14.8. The van der Waals surface area contributed by atoms with Gasteiger partial charge in [0.2, 0.25) is 0 Å². The maximum absolute atomic E-state index is 14.9. The largest absolute Gasteiger partial charge is 0.327 e. The molecule has 0 aromatic heterocycles. The van der Waals surface area contributed by atoms with E-state index in [2.05, 4.69) is 11.1 Å². The van der Waals surface area contributed by atoms with E-state index in [-0.39, 0.29) is 0 Å². The molecule has 0 heterocycles. The van der Waals surface area contributed by atoms with Gasteiger partial charge in [0.05, 0.1) is 0 Å². The van der Waals surface area contributed by atoms with Gasteiger partial charge in [0.25, 0.3) is 0 Å². The zero-order valence-corrected chi connectivity index (χ0v) is 15.2. The van der Waals surface area contributed by atoms with Crippen molar-refractivity contribution in [2.45, 2.75) is 77.6 Å². The van der Waals surface area contributed by atoms with Gasteiger partial charge in [-0.3, -0.25) is 8.22 Å². The molecule has 0 aromatic rings. The first-order valence-corrected chi connectivity index (χ1v) is 10.9. The summed E-state index contributed by atoms with van der Waals surface area (Å²) in [4.78, 5) is 0. The summed E-state index contributed by atoms with van der Waals surface area (Å²) in [7, 11) is -6.39. The van der Waals surface area contributed by atoms with Crippen molar-refractivity contribution in [1.82, 2.24) is 0 Å². The molecule has 0 aromatic carbocycles. The lowest BCUT2D eigenvalue weighted by molar-refractivity contribution is 0.619. The van der Waals surface area contributed by atoms with Gasteiger partial charge in [-0.05, 0) is 22.2 Å². The second-order valence-corrected chi connectivity index (χ2v) is 15.2. The Balaban J connectivity index is 5.51. The molecule has 0 rings (SSSR count). The van der Waals surface area contributed by atoms with Crippen molar-refractivity contribution < 1.29 is 8.22 Å². The topological polar surface area (TPSA) is 0 Å². The van der Waals surface area contributed by atoms with Gasteiger partial charge < -0.3 is 0 Å². The van der Waals surface area contributed by atoms with E-state index in [1.165, 1.54) is 0 Å². The SMILES string of the molecule is CC[Si](F)(C#C[Si](F)(CC)C(C)(C)C)C(C)(C)C. The Hall–Kier alpha value is -0.146. The highest BCUT2D eigenvalue weighted by atomic mass is 28.4. The highest BCUT2D eigenvalue weighted by Crippen LogP contribution is 2.42. The quantitative estimate of drug-likeness (QED) is 0.356. The number of halogens is 2. The third-order valence-electron chi connectivity index (χ3n) is 3.81. The Bertz CT molecular complexity index is 312. The molecule has 0 aliphatic heterocycles. The molecule has 2 atom stereocenters. The highest BCUT2D eigenvalue weighted by Gasteiger charge is 2.47. The van der Waals surface area contributed by atoms with E-state index < -0.39 is 26.9 Å². The van der Waals surface area contributed by atoms with Crippen molar-refractivity contribution in [3.63, 3.8) is 0 Å². The minimum absolute atomic E-state index is 0.432. The van der Waals surface area contributed by atoms with Crippen LogP contribution in [-0.2, 0) is 0 Å². The molecule has 2 unspecified atom stereocenters. The van der Waals surface area contributed by atoms with Crippen LogP contribution >= 0.6 is 0 Å². The first kappa shape index (κ1) is 17.9. The van der Waals surface area contributed by atoms with Crippen LogP contribution in [0.5, 0.6) is 0 Å². The van der Waals surface area contributed by atoms with Crippen LogP contribution in [0.4, 0.5) is 8.22 Å². The van der Waals surface area contributed by atoms with Crippen LogP contribution in [0.3, 0.4) is 0 Å². The van der Waals surface area contributed by atoms with Crippen molar-refractivity contribution in [3.8, 4) is 11.1 Å². The fraction of sp³-hybridized carbons (Fsp3) is 0.857. The molecule has 0 saturated heterocycles.